The molecule has 4 unspecified atom stereocenters. The highest BCUT2D eigenvalue weighted by Gasteiger charge is 2.30. The Morgan fingerprint density at radius 3 is 2.18 bits per heavy atom. The van der Waals surface area contributed by atoms with Gasteiger partial charge in [0.25, 0.3) is 0 Å². The molecule has 1 aromatic heterocycles. The van der Waals surface area contributed by atoms with Gasteiger partial charge in [0.2, 0.25) is 23.6 Å². The molecular formula is C21H28N6O6S. The number of carboxylic acids is 1. The third kappa shape index (κ3) is 7.22. The van der Waals surface area contributed by atoms with E-state index >= 15 is 0 Å². The van der Waals surface area contributed by atoms with Gasteiger partial charge in [-0.1, -0.05) is 18.2 Å². The molecule has 0 fully saturated rings. The molecule has 0 aliphatic heterocycles. The molecule has 9 N–H and O–H groups in total. The number of primary amides is 1. The Morgan fingerprint density at radius 2 is 1.59 bits per heavy atom. The number of nitrogens with one attached hydrogen (secondary N) is 4. The van der Waals surface area contributed by atoms with Crippen LogP contribution in [0, 0.1) is 0 Å². The predicted molar refractivity (Wildman–Crippen MR) is 127 cm³/mol. The average Bonchev–Trinajstić information content (AvgIpc) is 3.18. The minimum atomic E-state index is -1.57. The number of thiol groups is 1. The molecule has 2 aromatic rings. The Kier molecular flexibility index (Phi) is 9.45. The zero-order valence-corrected chi connectivity index (χ0v) is 19.3. The summed E-state index contributed by atoms with van der Waals surface area (Å²) in [6.45, 7) is 1.46. The standard InChI is InChI=1S/C21H28N6O6S/c1-10(22)18(29)25-14(6-11-8-24-13-5-3-2-4-12(11)13)19(30)27-16(9-34)20(31)26-15(21(32)33)7-17(23)28/h2-5,8,10,14-16,24,34H,6-7,9,22H2,1H3,(H2,23,28)(H,25,29)(H,26,31)(H,27,30)(H,32,33). The van der Waals surface area contributed by atoms with Gasteiger partial charge in [-0.15, -0.1) is 0 Å². The predicted octanol–water partition coefficient (Wildman–Crippen LogP) is -1.60. The number of fused-ring (bicyclic) bond motifs is 1. The van der Waals surface area contributed by atoms with Gasteiger partial charge >= 0.3 is 5.97 Å². The van der Waals surface area contributed by atoms with Crippen LogP contribution in [-0.4, -0.2) is 69.6 Å². The molecule has 1 heterocycles. The summed E-state index contributed by atoms with van der Waals surface area (Å²) < 4.78 is 0. The van der Waals surface area contributed by atoms with E-state index < -0.39 is 60.2 Å². The van der Waals surface area contributed by atoms with Crippen LogP contribution in [0.2, 0.25) is 0 Å². The highest BCUT2D eigenvalue weighted by Crippen LogP contribution is 2.19. The van der Waals surface area contributed by atoms with Gasteiger partial charge in [0.1, 0.15) is 18.1 Å². The van der Waals surface area contributed by atoms with Crippen LogP contribution in [0.4, 0.5) is 0 Å². The van der Waals surface area contributed by atoms with E-state index in [9.17, 15) is 29.1 Å². The summed E-state index contributed by atoms with van der Waals surface area (Å²) in [5, 5.41) is 17.2. The number of benzene rings is 1. The number of carbonyl (C=O) groups is 5. The Balaban J connectivity index is 2.20. The SMILES string of the molecule is CC(N)C(=O)NC(Cc1c[nH]c2ccccc12)C(=O)NC(CS)C(=O)NC(CC(N)=O)C(=O)O. The lowest BCUT2D eigenvalue weighted by Crippen LogP contribution is -2.58. The summed E-state index contributed by atoms with van der Waals surface area (Å²) in [4.78, 5) is 63.3. The molecule has 0 saturated heterocycles. The first kappa shape index (κ1) is 26.7. The zero-order chi connectivity index (χ0) is 25.4. The fourth-order valence-electron chi connectivity index (χ4n) is 3.17. The van der Waals surface area contributed by atoms with Crippen molar-refractivity contribution in [1.29, 1.82) is 0 Å². The lowest BCUT2D eigenvalue weighted by atomic mass is 10.0. The zero-order valence-electron chi connectivity index (χ0n) is 18.4. The van der Waals surface area contributed by atoms with Crippen LogP contribution >= 0.6 is 12.6 Å². The van der Waals surface area contributed by atoms with Crippen molar-refractivity contribution < 1.29 is 29.1 Å². The van der Waals surface area contributed by atoms with E-state index in [2.05, 4.69) is 33.6 Å². The molecule has 13 heteroatoms. The summed E-state index contributed by atoms with van der Waals surface area (Å²) in [6, 6.07) is 2.62. The maximum absolute atomic E-state index is 13.1. The van der Waals surface area contributed by atoms with Gasteiger partial charge in [-0.3, -0.25) is 19.2 Å². The average molecular weight is 493 g/mol. The maximum Gasteiger partial charge on any atom is 0.326 e. The normalized spacial score (nSPS) is 14.4. The first-order valence-electron chi connectivity index (χ1n) is 10.4. The number of carboxylic acid groups (broad SMARTS) is 1. The van der Waals surface area contributed by atoms with Crippen molar-refractivity contribution in [3.05, 3.63) is 36.0 Å². The van der Waals surface area contributed by atoms with Crippen LogP contribution < -0.4 is 27.4 Å². The number of amides is 4. The number of para-hydroxylation sites is 1. The molecule has 1 aromatic carbocycles. The van der Waals surface area contributed by atoms with E-state index in [0.29, 0.717) is 0 Å². The Morgan fingerprint density at radius 1 is 1.00 bits per heavy atom. The summed E-state index contributed by atoms with van der Waals surface area (Å²) in [5.41, 5.74) is 12.2. The number of aliphatic carboxylic acids is 1. The highest BCUT2D eigenvalue weighted by atomic mass is 32.1. The minimum absolute atomic E-state index is 0.0919. The summed E-state index contributed by atoms with van der Waals surface area (Å²) >= 11 is 4.06. The van der Waals surface area contributed by atoms with Crippen molar-refractivity contribution in [2.24, 2.45) is 11.5 Å². The van der Waals surface area contributed by atoms with Crippen molar-refractivity contribution in [2.45, 2.75) is 43.9 Å². The molecule has 0 spiro atoms. The van der Waals surface area contributed by atoms with E-state index in [1.807, 2.05) is 24.3 Å². The largest absolute Gasteiger partial charge is 0.480 e. The van der Waals surface area contributed by atoms with Gasteiger partial charge in [0, 0.05) is 29.3 Å². The second kappa shape index (κ2) is 12.0. The third-order valence-electron chi connectivity index (χ3n) is 4.98. The highest BCUT2D eigenvalue weighted by molar-refractivity contribution is 7.80. The molecule has 34 heavy (non-hydrogen) atoms. The Hall–Kier alpha value is -3.58. The van der Waals surface area contributed by atoms with Crippen LogP contribution in [-0.2, 0) is 30.4 Å². The van der Waals surface area contributed by atoms with Crippen molar-refractivity contribution in [1.82, 2.24) is 20.9 Å². The fraction of sp³-hybridized carbons (Fsp3) is 0.381. The molecular weight excluding hydrogens is 464 g/mol. The van der Waals surface area contributed by atoms with Crippen molar-refractivity contribution in [3.8, 4) is 0 Å². The molecule has 0 saturated carbocycles. The lowest BCUT2D eigenvalue weighted by molar-refractivity contribution is -0.143. The first-order chi connectivity index (χ1) is 16.0. The number of H-pyrrole nitrogens is 1. The number of carbonyl (C=O) groups excluding carboxylic acids is 4. The van der Waals surface area contributed by atoms with E-state index in [0.717, 1.165) is 16.5 Å². The van der Waals surface area contributed by atoms with Gasteiger partial charge < -0.3 is 37.5 Å². The van der Waals surface area contributed by atoms with Crippen molar-refractivity contribution in [3.63, 3.8) is 0 Å². The van der Waals surface area contributed by atoms with Crippen molar-refractivity contribution in [2.75, 3.05) is 5.75 Å². The smallest absolute Gasteiger partial charge is 0.326 e. The molecule has 0 radical (unpaired) electrons. The number of rotatable bonds is 12. The van der Waals surface area contributed by atoms with Gasteiger partial charge in [0.05, 0.1) is 12.5 Å². The maximum atomic E-state index is 13.1. The lowest BCUT2D eigenvalue weighted by Gasteiger charge is -2.24. The van der Waals surface area contributed by atoms with E-state index in [4.69, 9.17) is 11.5 Å². The van der Waals surface area contributed by atoms with Gasteiger partial charge in [-0.2, -0.15) is 12.6 Å². The molecule has 4 amide bonds. The number of nitrogens with two attached hydrogens (primary N) is 2. The molecule has 4 atom stereocenters. The fourth-order valence-corrected chi connectivity index (χ4v) is 3.43. The molecule has 2 rings (SSSR count). The minimum Gasteiger partial charge on any atom is -0.480 e. The summed E-state index contributed by atoms with van der Waals surface area (Å²) in [6.07, 6.45) is 1.18. The van der Waals surface area contributed by atoms with E-state index in [-0.39, 0.29) is 12.2 Å². The first-order valence-corrected chi connectivity index (χ1v) is 11.0. The Bertz CT molecular complexity index is 1070. The monoisotopic (exact) mass is 492 g/mol. The number of aromatic nitrogens is 1. The topological polar surface area (TPSA) is 209 Å². The van der Waals surface area contributed by atoms with E-state index in [1.165, 1.54) is 6.92 Å². The molecule has 184 valence electrons. The van der Waals surface area contributed by atoms with Crippen LogP contribution in [0.25, 0.3) is 10.9 Å². The number of aromatic amines is 1. The number of hydrogen-bond acceptors (Lipinski definition) is 7. The van der Waals surface area contributed by atoms with Crippen molar-refractivity contribution >= 4 is 53.1 Å². The summed E-state index contributed by atoms with van der Waals surface area (Å²) in [7, 11) is 0. The molecule has 0 bridgehead atoms. The van der Waals surface area contributed by atoms with Crippen LogP contribution in [0.15, 0.2) is 30.5 Å². The van der Waals surface area contributed by atoms with Crippen LogP contribution in [0.3, 0.4) is 0 Å². The van der Waals surface area contributed by atoms with Crippen LogP contribution in [0.5, 0.6) is 0 Å². The number of hydrogen-bond donors (Lipinski definition) is 8. The Labute approximate surface area is 200 Å². The molecule has 0 aliphatic rings. The third-order valence-corrected chi connectivity index (χ3v) is 5.35. The molecule has 0 aliphatic carbocycles. The van der Waals surface area contributed by atoms with Gasteiger partial charge in [0.15, 0.2) is 0 Å². The second-order valence-electron chi connectivity index (χ2n) is 7.73. The second-order valence-corrected chi connectivity index (χ2v) is 8.09. The van der Waals surface area contributed by atoms with Crippen LogP contribution in [0.1, 0.15) is 18.9 Å². The molecule has 12 nitrogen and oxygen atoms in total. The quantitative estimate of drug-likeness (QED) is 0.163. The summed E-state index contributed by atoms with van der Waals surface area (Å²) in [5.74, 6) is -4.70. The van der Waals surface area contributed by atoms with Gasteiger partial charge in [-0.05, 0) is 18.6 Å². The van der Waals surface area contributed by atoms with Gasteiger partial charge in [-0.25, -0.2) is 4.79 Å². The van der Waals surface area contributed by atoms with E-state index in [1.54, 1.807) is 6.20 Å².